The number of benzene rings is 1. The van der Waals surface area contributed by atoms with Gasteiger partial charge in [0.25, 0.3) is 5.91 Å². The number of ether oxygens (including phenoxy) is 3. The third-order valence-electron chi connectivity index (χ3n) is 5.51. The van der Waals surface area contributed by atoms with Crippen LogP contribution in [0.2, 0.25) is 0 Å². The van der Waals surface area contributed by atoms with Gasteiger partial charge in [0.15, 0.2) is 17.2 Å². The van der Waals surface area contributed by atoms with Crippen LogP contribution in [0.3, 0.4) is 0 Å². The number of fused-ring (bicyclic) bond motifs is 1. The van der Waals surface area contributed by atoms with Crippen LogP contribution in [0.1, 0.15) is 37.2 Å². The molecule has 1 atom stereocenters. The molecule has 1 aromatic carbocycles. The van der Waals surface area contributed by atoms with Gasteiger partial charge in [-0.2, -0.15) is 0 Å². The fourth-order valence-electron chi connectivity index (χ4n) is 4.02. The number of carbonyl (C=O) groups excluding carboxylic acids is 2. The lowest BCUT2D eigenvalue weighted by atomic mass is 10.2. The highest BCUT2D eigenvalue weighted by Gasteiger charge is 2.27. The van der Waals surface area contributed by atoms with E-state index < -0.39 is 24.1 Å². The molecule has 0 saturated carbocycles. The smallest absolute Gasteiger partial charge is 0.331 e. The molecule has 0 aliphatic carbocycles. The number of nitrogens with zero attached hydrogens (tertiary/aromatic N) is 4. The molecule has 3 aromatic rings. The quantitative estimate of drug-likeness (QED) is 0.465. The Morgan fingerprint density at radius 3 is 2.53 bits per heavy atom. The zero-order valence-corrected chi connectivity index (χ0v) is 19.2. The molecule has 1 amide bonds. The molecule has 1 fully saturated rings. The summed E-state index contributed by atoms with van der Waals surface area (Å²) in [4.78, 5) is 47.0. The standard InChI is InChI=1S/C23H27N5O6/c1-3-32-15-9-7-14(8-10-15)21-25-18(20(24)30)19-22(26-21)28(12-16-6-5-11-34-16)23(31)27(19)13-17(29)33-4-2/h7-10,16H,3-6,11-13H2,1-2H3,(H2,24,30)/t16-/m1/s1. The van der Waals surface area contributed by atoms with Gasteiger partial charge in [-0.15, -0.1) is 0 Å². The van der Waals surface area contributed by atoms with Gasteiger partial charge >= 0.3 is 11.7 Å². The Labute approximate surface area is 195 Å². The summed E-state index contributed by atoms with van der Waals surface area (Å²) in [5, 5.41) is 0. The highest BCUT2D eigenvalue weighted by molar-refractivity contribution is 6.02. The lowest BCUT2D eigenvalue weighted by molar-refractivity contribution is -0.143. The van der Waals surface area contributed by atoms with Gasteiger partial charge in [0, 0.05) is 12.2 Å². The third kappa shape index (κ3) is 4.65. The molecule has 4 rings (SSSR count). The van der Waals surface area contributed by atoms with Crippen molar-refractivity contribution in [3.63, 3.8) is 0 Å². The van der Waals surface area contributed by atoms with Gasteiger partial charge in [-0.3, -0.25) is 18.7 Å². The van der Waals surface area contributed by atoms with Crippen LogP contribution in [0.15, 0.2) is 29.1 Å². The number of esters is 1. The van der Waals surface area contributed by atoms with Gasteiger partial charge < -0.3 is 19.9 Å². The maximum atomic E-state index is 13.4. The number of imidazole rings is 1. The number of hydrogen-bond donors (Lipinski definition) is 1. The van der Waals surface area contributed by atoms with Crippen molar-refractivity contribution in [1.29, 1.82) is 0 Å². The zero-order chi connectivity index (χ0) is 24.2. The predicted molar refractivity (Wildman–Crippen MR) is 123 cm³/mol. The fourth-order valence-corrected chi connectivity index (χ4v) is 4.02. The Hall–Kier alpha value is -3.73. The lowest BCUT2D eigenvalue weighted by Crippen LogP contribution is -2.31. The summed E-state index contributed by atoms with van der Waals surface area (Å²) in [6, 6.07) is 7.05. The maximum Gasteiger partial charge on any atom is 0.331 e. The Morgan fingerprint density at radius 1 is 1.15 bits per heavy atom. The Bertz CT molecular complexity index is 1260. The summed E-state index contributed by atoms with van der Waals surface area (Å²) >= 11 is 0. The minimum absolute atomic E-state index is 0.0956. The van der Waals surface area contributed by atoms with Gasteiger partial charge in [0.2, 0.25) is 0 Å². The van der Waals surface area contributed by atoms with Crippen molar-refractivity contribution >= 4 is 23.0 Å². The molecule has 11 heteroatoms. The zero-order valence-electron chi connectivity index (χ0n) is 19.2. The first-order valence-electron chi connectivity index (χ1n) is 11.2. The molecule has 1 saturated heterocycles. The van der Waals surface area contributed by atoms with E-state index in [1.807, 2.05) is 6.92 Å². The van der Waals surface area contributed by atoms with Crippen LogP contribution in [0.25, 0.3) is 22.6 Å². The molecule has 0 bridgehead atoms. The van der Waals surface area contributed by atoms with Crippen LogP contribution >= 0.6 is 0 Å². The second kappa shape index (κ2) is 10.0. The minimum atomic E-state index is -0.841. The molecule has 3 heterocycles. The van der Waals surface area contributed by atoms with E-state index in [1.165, 1.54) is 4.57 Å². The predicted octanol–water partition coefficient (Wildman–Crippen LogP) is 1.50. The Balaban J connectivity index is 1.90. The number of nitrogens with two attached hydrogens (primary N) is 1. The van der Waals surface area contributed by atoms with E-state index in [-0.39, 0.29) is 41.9 Å². The summed E-state index contributed by atoms with van der Waals surface area (Å²) in [5.74, 6) is -0.560. The van der Waals surface area contributed by atoms with Crippen molar-refractivity contribution in [1.82, 2.24) is 19.1 Å². The summed E-state index contributed by atoms with van der Waals surface area (Å²) < 4.78 is 18.8. The highest BCUT2D eigenvalue weighted by Crippen LogP contribution is 2.25. The molecule has 11 nitrogen and oxygen atoms in total. The number of rotatable bonds is 9. The number of hydrogen-bond acceptors (Lipinski definition) is 8. The van der Waals surface area contributed by atoms with E-state index >= 15 is 0 Å². The van der Waals surface area contributed by atoms with Crippen LogP contribution in [0.4, 0.5) is 0 Å². The molecular weight excluding hydrogens is 442 g/mol. The molecule has 2 N–H and O–H groups in total. The summed E-state index contributed by atoms with van der Waals surface area (Å²) in [7, 11) is 0. The summed E-state index contributed by atoms with van der Waals surface area (Å²) in [5.41, 5.74) is 5.91. The van der Waals surface area contributed by atoms with Gasteiger partial charge in [-0.05, 0) is 51.0 Å². The molecular formula is C23H27N5O6. The fraction of sp³-hybridized carbons (Fsp3) is 0.435. The maximum absolute atomic E-state index is 13.4. The summed E-state index contributed by atoms with van der Waals surface area (Å²) in [6.45, 7) is 4.68. The Kier molecular flexibility index (Phi) is 6.92. The Morgan fingerprint density at radius 2 is 1.91 bits per heavy atom. The molecule has 0 radical (unpaired) electrons. The lowest BCUT2D eigenvalue weighted by Gasteiger charge is -2.11. The molecule has 0 unspecified atom stereocenters. The topological polar surface area (TPSA) is 141 Å². The second-order valence-electron chi connectivity index (χ2n) is 7.81. The van der Waals surface area contributed by atoms with Crippen LogP contribution in [0, 0.1) is 0 Å². The van der Waals surface area contributed by atoms with Gasteiger partial charge in [-0.25, -0.2) is 14.8 Å². The third-order valence-corrected chi connectivity index (χ3v) is 5.51. The number of amides is 1. The first kappa shape index (κ1) is 23.4. The van der Waals surface area contributed by atoms with E-state index in [9.17, 15) is 14.4 Å². The van der Waals surface area contributed by atoms with Gasteiger partial charge in [0.05, 0.1) is 25.9 Å². The van der Waals surface area contributed by atoms with Crippen LogP contribution < -0.4 is 16.2 Å². The van der Waals surface area contributed by atoms with Gasteiger partial charge in [-0.1, -0.05) is 0 Å². The molecule has 34 heavy (non-hydrogen) atoms. The van der Waals surface area contributed by atoms with E-state index in [0.717, 1.165) is 17.4 Å². The normalized spacial score (nSPS) is 15.5. The van der Waals surface area contributed by atoms with Crippen LogP contribution in [-0.4, -0.2) is 56.9 Å². The van der Waals surface area contributed by atoms with Crippen molar-refractivity contribution in [3.8, 4) is 17.1 Å². The van der Waals surface area contributed by atoms with E-state index in [1.54, 1.807) is 31.2 Å². The largest absolute Gasteiger partial charge is 0.494 e. The van der Waals surface area contributed by atoms with Gasteiger partial charge in [0.1, 0.15) is 17.8 Å². The molecule has 1 aliphatic rings. The summed E-state index contributed by atoms with van der Waals surface area (Å²) in [6.07, 6.45) is 1.50. The van der Waals surface area contributed by atoms with Crippen LogP contribution in [0.5, 0.6) is 5.75 Å². The van der Waals surface area contributed by atoms with E-state index in [0.29, 0.717) is 24.5 Å². The minimum Gasteiger partial charge on any atom is -0.494 e. The first-order chi connectivity index (χ1) is 16.4. The number of carbonyl (C=O) groups is 2. The second-order valence-corrected chi connectivity index (χ2v) is 7.81. The molecule has 2 aromatic heterocycles. The average molecular weight is 469 g/mol. The average Bonchev–Trinajstić information content (AvgIpc) is 3.42. The van der Waals surface area contributed by atoms with Crippen molar-refractivity contribution in [2.45, 2.75) is 45.9 Å². The monoisotopic (exact) mass is 469 g/mol. The molecule has 0 spiro atoms. The molecule has 180 valence electrons. The van der Waals surface area contributed by atoms with Crippen molar-refractivity contribution < 1.29 is 23.8 Å². The van der Waals surface area contributed by atoms with Crippen molar-refractivity contribution in [3.05, 3.63) is 40.4 Å². The van der Waals surface area contributed by atoms with Crippen LogP contribution in [-0.2, 0) is 27.4 Å². The molecule has 1 aliphatic heterocycles. The number of aromatic nitrogens is 4. The van der Waals surface area contributed by atoms with Crippen molar-refractivity contribution in [2.75, 3.05) is 19.8 Å². The van der Waals surface area contributed by atoms with E-state index in [4.69, 9.17) is 19.9 Å². The SMILES string of the molecule is CCOC(=O)Cn1c(=O)n(C[C@H]2CCCO2)c2nc(-c3ccc(OCC)cc3)nc(C(N)=O)c21. The van der Waals surface area contributed by atoms with Crippen molar-refractivity contribution in [2.24, 2.45) is 5.73 Å². The number of primary amides is 1. The first-order valence-corrected chi connectivity index (χ1v) is 11.2. The van der Waals surface area contributed by atoms with E-state index in [2.05, 4.69) is 9.97 Å². The highest BCUT2D eigenvalue weighted by atomic mass is 16.5.